The normalized spacial score (nSPS) is 12.0. The Labute approximate surface area is 85.2 Å². The molecular weight excluding hydrogens is 186 g/mol. The van der Waals surface area contributed by atoms with Gasteiger partial charge in [0.2, 0.25) is 0 Å². The van der Waals surface area contributed by atoms with Gasteiger partial charge in [-0.25, -0.2) is 0 Å². The summed E-state index contributed by atoms with van der Waals surface area (Å²) in [5.74, 6) is 0.314. The number of halogens is 1. The maximum atomic E-state index is 9.26. The van der Waals surface area contributed by atoms with Crippen molar-refractivity contribution in [2.75, 3.05) is 0 Å². The SMILES string of the molecule is Cc1cc(O)cc(C)c1[C@@H](C)N.Cl. The molecule has 0 saturated heterocycles. The van der Waals surface area contributed by atoms with Crippen molar-refractivity contribution in [3.8, 4) is 5.75 Å². The molecule has 0 fully saturated rings. The van der Waals surface area contributed by atoms with E-state index in [2.05, 4.69) is 0 Å². The first-order valence-corrected chi connectivity index (χ1v) is 4.08. The molecule has 0 amide bonds. The van der Waals surface area contributed by atoms with E-state index in [9.17, 15) is 5.11 Å². The first-order chi connectivity index (χ1) is 5.52. The number of phenols is 1. The quantitative estimate of drug-likeness (QED) is 0.733. The molecule has 1 aromatic rings. The second-order valence-corrected chi connectivity index (χ2v) is 3.28. The molecule has 0 heterocycles. The molecule has 1 rings (SSSR count). The van der Waals surface area contributed by atoms with E-state index in [0.29, 0.717) is 5.75 Å². The van der Waals surface area contributed by atoms with Gasteiger partial charge in [-0.15, -0.1) is 12.4 Å². The van der Waals surface area contributed by atoms with Crippen molar-refractivity contribution in [2.45, 2.75) is 26.8 Å². The Balaban J connectivity index is 0.00000144. The Morgan fingerprint density at radius 2 is 1.62 bits per heavy atom. The summed E-state index contributed by atoms with van der Waals surface area (Å²) in [6.07, 6.45) is 0. The van der Waals surface area contributed by atoms with Crippen molar-refractivity contribution in [3.05, 3.63) is 28.8 Å². The van der Waals surface area contributed by atoms with Crippen LogP contribution in [0.2, 0.25) is 0 Å². The van der Waals surface area contributed by atoms with E-state index in [1.807, 2.05) is 20.8 Å². The van der Waals surface area contributed by atoms with Crippen LogP contribution in [0.25, 0.3) is 0 Å². The molecule has 3 N–H and O–H groups in total. The Morgan fingerprint density at radius 1 is 1.23 bits per heavy atom. The second-order valence-electron chi connectivity index (χ2n) is 3.28. The number of phenolic OH excluding ortho intramolecular Hbond substituents is 1. The van der Waals surface area contributed by atoms with Gasteiger partial charge in [0.05, 0.1) is 0 Å². The van der Waals surface area contributed by atoms with Gasteiger partial charge >= 0.3 is 0 Å². The molecule has 0 bridgehead atoms. The average Bonchev–Trinajstić information content (AvgIpc) is 1.82. The lowest BCUT2D eigenvalue weighted by atomic mass is 9.97. The van der Waals surface area contributed by atoms with E-state index in [1.54, 1.807) is 12.1 Å². The number of aromatic hydroxyl groups is 1. The predicted molar refractivity (Wildman–Crippen MR) is 57.4 cm³/mol. The highest BCUT2D eigenvalue weighted by molar-refractivity contribution is 5.85. The number of nitrogens with two attached hydrogens (primary N) is 1. The van der Waals surface area contributed by atoms with Crippen LogP contribution in [0.3, 0.4) is 0 Å². The molecule has 3 heteroatoms. The first kappa shape index (κ1) is 12.3. The van der Waals surface area contributed by atoms with E-state index in [-0.39, 0.29) is 18.4 Å². The smallest absolute Gasteiger partial charge is 0.116 e. The predicted octanol–water partition coefficient (Wildman–Crippen LogP) is 2.45. The summed E-state index contributed by atoms with van der Waals surface area (Å²) >= 11 is 0. The molecule has 0 unspecified atom stereocenters. The maximum Gasteiger partial charge on any atom is 0.116 e. The van der Waals surface area contributed by atoms with Crippen molar-refractivity contribution in [2.24, 2.45) is 5.73 Å². The van der Waals surface area contributed by atoms with Crippen LogP contribution in [0.1, 0.15) is 29.7 Å². The van der Waals surface area contributed by atoms with Gasteiger partial charge in [-0.2, -0.15) is 0 Å². The van der Waals surface area contributed by atoms with Gasteiger partial charge in [-0.05, 0) is 49.6 Å². The Hall–Kier alpha value is -0.730. The number of benzene rings is 1. The van der Waals surface area contributed by atoms with Crippen LogP contribution in [-0.2, 0) is 0 Å². The van der Waals surface area contributed by atoms with Gasteiger partial charge in [0, 0.05) is 6.04 Å². The largest absolute Gasteiger partial charge is 0.508 e. The van der Waals surface area contributed by atoms with Crippen molar-refractivity contribution >= 4 is 12.4 Å². The van der Waals surface area contributed by atoms with E-state index in [4.69, 9.17) is 5.73 Å². The lowest BCUT2D eigenvalue weighted by Crippen LogP contribution is -2.08. The van der Waals surface area contributed by atoms with Gasteiger partial charge in [-0.1, -0.05) is 0 Å². The van der Waals surface area contributed by atoms with Crippen molar-refractivity contribution < 1.29 is 5.11 Å². The van der Waals surface area contributed by atoms with Crippen LogP contribution in [0.15, 0.2) is 12.1 Å². The van der Waals surface area contributed by atoms with Gasteiger partial charge in [-0.3, -0.25) is 0 Å². The van der Waals surface area contributed by atoms with Crippen molar-refractivity contribution in [1.82, 2.24) is 0 Å². The zero-order valence-corrected chi connectivity index (χ0v) is 8.98. The van der Waals surface area contributed by atoms with Gasteiger partial charge in [0.1, 0.15) is 5.75 Å². The molecular formula is C10H16ClNO. The molecule has 0 aromatic heterocycles. The minimum Gasteiger partial charge on any atom is -0.508 e. The topological polar surface area (TPSA) is 46.2 Å². The molecule has 1 aromatic carbocycles. The summed E-state index contributed by atoms with van der Waals surface area (Å²) in [6, 6.07) is 3.52. The highest BCUT2D eigenvalue weighted by Crippen LogP contribution is 2.24. The summed E-state index contributed by atoms with van der Waals surface area (Å²) < 4.78 is 0. The standard InChI is InChI=1S/C10H15NO.ClH/c1-6-4-9(12)5-7(2)10(6)8(3)11;/h4-5,8,12H,11H2,1-3H3;1H/t8-;/m1./s1. The molecule has 0 radical (unpaired) electrons. The fourth-order valence-electron chi connectivity index (χ4n) is 1.67. The molecule has 0 aliphatic carbocycles. The summed E-state index contributed by atoms with van der Waals surface area (Å²) in [4.78, 5) is 0. The van der Waals surface area contributed by atoms with Crippen molar-refractivity contribution in [3.63, 3.8) is 0 Å². The average molecular weight is 202 g/mol. The highest BCUT2D eigenvalue weighted by atomic mass is 35.5. The fourth-order valence-corrected chi connectivity index (χ4v) is 1.67. The third-order valence-corrected chi connectivity index (χ3v) is 2.03. The minimum absolute atomic E-state index is 0. The van der Waals surface area contributed by atoms with Crippen LogP contribution >= 0.6 is 12.4 Å². The molecule has 2 nitrogen and oxygen atoms in total. The van der Waals surface area contributed by atoms with Crippen LogP contribution in [0.5, 0.6) is 5.75 Å². The summed E-state index contributed by atoms with van der Waals surface area (Å²) in [5, 5.41) is 9.26. The molecule has 0 aliphatic rings. The molecule has 13 heavy (non-hydrogen) atoms. The molecule has 74 valence electrons. The summed E-state index contributed by atoms with van der Waals surface area (Å²) in [5.41, 5.74) is 9.03. The van der Waals surface area contributed by atoms with E-state index >= 15 is 0 Å². The van der Waals surface area contributed by atoms with E-state index in [1.165, 1.54) is 0 Å². The highest BCUT2D eigenvalue weighted by Gasteiger charge is 2.07. The van der Waals surface area contributed by atoms with Crippen LogP contribution < -0.4 is 5.73 Å². The van der Waals surface area contributed by atoms with Crippen LogP contribution in [0, 0.1) is 13.8 Å². The fraction of sp³-hybridized carbons (Fsp3) is 0.400. The number of hydrogen-bond donors (Lipinski definition) is 2. The Morgan fingerprint density at radius 3 is 1.92 bits per heavy atom. The number of hydrogen-bond acceptors (Lipinski definition) is 2. The minimum atomic E-state index is 0. The lowest BCUT2D eigenvalue weighted by Gasteiger charge is -2.13. The summed E-state index contributed by atoms with van der Waals surface area (Å²) in [7, 11) is 0. The third-order valence-electron chi connectivity index (χ3n) is 2.03. The van der Waals surface area contributed by atoms with E-state index in [0.717, 1.165) is 16.7 Å². The molecule has 1 atom stereocenters. The van der Waals surface area contributed by atoms with Gasteiger partial charge in [0.25, 0.3) is 0 Å². The lowest BCUT2D eigenvalue weighted by molar-refractivity contribution is 0.474. The van der Waals surface area contributed by atoms with Gasteiger partial charge in [0.15, 0.2) is 0 Å². The maximum absolute atomic E-state index is 9.26. The van der Waals surface area contributed by atoms with Crippen LogP contribution in [-0.4, -0.2) is 5.11 Å². The molecule has 0 saturated carbocycles. The Bertz CT molecular complexity index is 274. The summed E-state index contributed by atoms with van der Waals surface area (Å²) in [6.45, 7) is 5.88. The molecule has 0 spiro atoms. The second kappa shape index (κ2) is 4.49. The number of aryl methyl sites for hydroxylation is 2. The zero-order chi connectivity index (χ0) is 9.30. The zero-order valence-electron chi connectivity index (χ0n) is 8.16. The third kappa shape index (κ3) is 2.61. The van der Waals surface area contributed by atoms with Crippen molar-refractivity contribution in [1.29, 1.82) is 0 Å². The first-order valence-electron chi connectivity index (χ1n) is 4.08. The van der Waals surface area contributed by atoms with E-state index < -0.39 is 0 Å². The van der Waals surface area contributed by atoms with Crippen LogP contribution in [0.4, 0.5) is 0 Å². The van der Waals surface area contributed by atoms with Gasteiger partial charge < -0.3 is 10.8 Å². The monoisotopic (exact) mass is 201 g/mol. The molecule has 0 aliphatic heterocycles. The number of rotatable bonds is 1. The Kier molecular flexibility index (Phi) is 4.24.